The molecule has 1 amide bonds. The number of amides is 1. The molecule has 1 aliphatic heterocycles. The van der Waals surface area contributed by atoms with E-state index >= 15 is 0 Å². The number of hydrazone groups is 1. The van der Waals surface area contributed by atoms with Gasteiger partial charge in [0.15, 0.2) is 11.5 Å². The van der Waals surface area contributed by atoms with E-state index in [1.165, 1.54) is 16.8 Å². The second-order valence-electron chi connectivity index (χ2n) is 8.16. The fraction of sp³-hybridized carbons (Fsp3) is 0.200. The minimum absolute atomic E-state index is 0.152. The van der Waals surface area contributed by atoms with Gasteiger partial charge in [-0.2, -0.15) is 5.10 Å². The van der Waals surface area contributed by atoms with Gasteiger partial charge in [0.2, 0.25) is 16.8 Å². The van der Waals surface area contributed by atoms with Crippen molar-refractivity contribution in [2.75, 3.05) is 17.4 Å². The zero-order valence-corrected chi connectivity index (χ0v) is 21.8. The molecule has 35 heavy (non-hydrogen) atoms. The highest BCUT2D eigenvalue weighted by Gasteiger charge is 2.19. The summed E-state index contributed by atoms with van der Waals surface area (Å²) in [5.41, 5.74) is 7.06. The number of aryl methyl sites for hydroxylation is 2. The predicted octanol–water partition coefficient (Wildman–Crippen LogP) is 4.52. The summed E-state index contributed by atoms with van der Waals surface area (Å²) in [6.45, 7) is 4.24. The molecule has 8 nitrogen and oxygen atoms in total. The zero-order valence-electron chi connectivity index (χ0n) is 19.4. The molecule has 182 valence electrons. The molecule has 0 unspecified atom stereocenters. The molecule has 0 aromatic heterocycles. The van der Waals surface area contributed by atoms with Gasteiger partial charge in [-0.15, -0.1) is 0 Å². The third kappa shape index (κ3) is 5.83. The molecule has 1 heterocycles. The number of halogens is 1. The summed E-state index contributed by atoms with van der Waals surface area (Å²) in [6.07, 6.45) is 2.69. The number of nitrogens with one attached hydrogen (secondary N) is 1. The number of ether oxygens (including phenoxy) is 2. The molecule has 0 aliphatic carbocycles. The molecule has 3 aromatic rings. The van der Waals surface area contributed by atoms with Gasteiger partial charge in [-0.05, 0) is 82.9 Å². The minimum Gasteiger partial charge on any atom is -0.454 e. The van der Waals surface area contributed by atoms with Gasteiger partial charge in [0.1, 0.15) is 0 Å². The molecule has 1 N–H and O–H groups in total. The summed E-state index contributed by atoms with van der Waals surface area (Å²) in [5.74, 6) is 0.865. The molecular weight excluding hydrogens is 534 g/mol. The van der Waals surface area contributed by atoms with E-state index < -0.39 is 15.9 Å². The second-order valence-corrected chi connectivity index (χ2v) is 10.9. The molecule has 0 bridgehead atoms. The van der Waals surface area contributed by atoms with E-state index in [9.17, 15) is 13.2 Å². The normalized spacial score (nSPS) is 12.7. The number of carbonyl (C=O) groups excluding carboxylic acids is 1. The Morgan fingerprint density at radius 1 is 1.06 bits per heavy atom. The van der Waals surface area contributed by atoms with E-state index in [4.69, 9.17) is 9.47 Å². The lowest BCUT2D eigenvalue weighted by atomic mass is 10.1. The van der Waals surface area contributed by atoms with E-state index in [0.29, 0.717) is 22.7 Å². The maximum Gasteiger partial charge on any atom is 0.271 e. The van der Waals surface area contributed by atoms with Crippen LogP contribution in [0.1, 0.15) is 32.6 Å². The van der Waals surface area contributed by atoms with E-state index in [2.05, 4.69) is 26.5 Å². The number of hydrogen-bond donors (Lipinski definition) is 1. The highest BCUT2D eigenvalue weighted by atomic mass is 79.9. The number of sulfonamides is 1. The Bertz CT molecular complexity index is 1410. The van der Waals surface area contributed by atoms with E-state index in [1.54, 1.807) is 42.5 Å². The van der Waals surface area contributed by atoms with Gasteiger partial charge in [-0.1, -0.05) is 18.2 Å². The highest BCUT2D eigenvalue weighted by Crippen LogP contribution is 2.36. The Morgan fingerprint density at radius 3 is 2.40 bits per heavy atom. The molecule has 10 heteroatoms. The van der Waals surface area contributed by atoms with Crippen molar-refractivity contribution in [3.8, 4) is 11.5 Å². The molecule has 0 atom stereocenters. The van der Waals surface area contributed by atoms with Crippen LogP contribution in [0.25, 0.3) is 0 Å². The summed E-state index contributed by atoms with van der Waals surface area (Å²) < 4.78 is 37.7. The standard InChI is InChI=1S/C25H24BrN3O5S/c1-16-4-9-21(10-17(16)2)29(35(3,31)32)14-18-5-7-19(8-6-18)25(30)28-27-13-20-11-23-24(12-22(20)26)34-15-33-23/h4-13H,14-15H2,1-3H3,(H,28,30). The SMILES string of the molecule is Cc1ccc(N(Cc2ccc(C(=O)NN=Cc3cc4c(cc3Br)OCO4)cc2)S(C)(=O)=O)cc1C. The van der Waals surface area contributed by atoms with Crippen LogP contribution in [0.2, 0.25) is 0 Å². The summed E-state index contributed by atoms with van der Waals surface area (Å²) in [4.78, 5) is 12.5. The molecule has 0 fully saturated rings. The highest BCUT2D eigenvalue weighted by molar-refractivity contribution is 9.10. The fourth-order valence-electron chi connectivity index (χ4n) is 3.46. The van der Waals surface area contributed by atoms with Crippen LogP contribution in [0.5, 0.6) is 11.5 Å². The lowest BCUT2D eigenvalue weighted by Crippen LogP contribution is -2.29. The summed E-state index contributed by atoms with van der Waals surface area (Å²) >= 11 is 3.44. The Labute approximate surface area is 212 Å². The van der Waals surface area contributed by atoms with Gasteiger partial charge in [0, 0.05) is 15.6 Å². The van der Waals surface area contributed by atoms with Crippen molar-refractivity contribution in [2.24, 2.45) is 5.10 Å². The number of nitrogens with zero attached hydrogens (tertiary/aromatic N) is 2. The lowest BCUT2D eigenvalue weighted by molar-refractivity contribution is 0.0955. The van der Waals surface area contributed by atoms with Crippen LogP contribution < -0.4 is 19.2 Å². The van der Waals surface area contributed by atoms with Crippen molar-refractivity contribution in [3.05, 3.63) is 86.9 Å². The first-order valence-corrected chi connectivity index (χ1v) is 13.3. The average molecular weight is 558 g/mol. The number of anilines is 1. The molecule has 4 rings (SSSR count). The zero-order chi connectivity index (χ0) is 25.2. The Kier molecular flexibility index (Phi) is 7.13. The first-order valence-electron chi connectivity index (χ1n) is 10.7. The molecule has 0 radical (unpaired) electrons. The number of rotatable bonds is 7. The number of benzene rings is 3. The lowest BCUT2D eigenvalue weighted by Gasteiger charge is -2.23. The topological polar surface area (TPSA) is 97.3 Å². The van der Waals surface area contributed by atoms with Crippen LogP contribution >= 0.6 is 15.9 Å². The van der Waals surface area contributed by atoms with E-state index in [1.807, 2.05) is 26.0 Å². The summed E-state index contributed by atoms with van der Waals surface area (Å²) in [7, 11) is -3.50. The molecule has 0 saturated heterocycles. The monoisotopic (exact) mass is 557 g/mol. The van der Waals surface area contributed by atoms with Crippen molar-refractivity contribution in [2.45, 2.75) is 20.4 Å². The van der Waals surface area contributed by atoms with Crippen molar-refractivity contribution in [3.63, 3.8) is 0 Å². The van der Waals surface area contributed by atoms with Crippen LogP contribution in [0.3, 0.4) is 0 Å². The van der Waals surface area contributed by atoms with Gasteiger partial charge < -0.3 is 9.47 Å². The van der Waals surface area contributed by atoms with Crippen LogP contribution in [0, 0.1) is 13.8 Å². The largest absolute Gasteiger partial charge is 0.454 e. The Morgan fingerprint density at radius 2 is 1.74 bits per heavy atom. The van der Waals surface area contributed by atoms with Gasteiger partial charge >= 0.3 is 0 Å². The molecular formula is C25H24BrN3O5S. The quantitative estimate of drug-likeness (QED) is 0.340. The van der Waals surface area contributed by atoms with Crippen LogP contribution in [-0.4, -0.2) is 33.6 Å². The Hall–Kier alpha value is -3.37. The first kappa shape index (κ1) is 24.7. The van der Waals surface area contributed by atoms with Crippen LogP contribution in [0.15, 0.2) is 64.2 Å². The maximum absolute atomic E-state index is 12.5. The number of carbonyl (C=O) groups is 1. The van der Waals surface area contributed by atoms with Crippen molar-refractivity contribution in [1.29, 1.82) is 0 Å². The first-order chi connectivity index (χ1) is 16.6. The molecule has 0 saturated carbocycles. The van der Waals surface area contributed by atoms with Crippen molar-refractivity contribution in [1.82, 2.24) is 5.43 Å². The third-order valence-electron chi connectivity index (χ3n) is 5.58. The van der Waals surface area contributed by atoms with Crippen molar-refractivity contribution < 1.29 is 22.7 Å². The maximum atomic E-state index is 12.5. The fourth-order valence-corrected chi connectivity index (χ4v) is 4.77. The summed E-state index contributed by atoms with van der Waals surface area (Å²) in [5, 5.41) is 4.02. The average Bonchev–Trinajstić information content (AvgIpc) is 3.26. The smallest absolute Gasteiger partial charge is 0.271 e. The Balaban J connectivity index is 1.43. The van der Waals surface area contributed by atoms with E-state index in [0.717, 1.165) is 26.7 Å². The van der Waals surface area contributed by atoms with Gasteiger partial charge in [-0.25, -0.2) is 13.8 Å². The molecule has 1 aliphatic rings. The van der Waals surface area contributed by atoms with Crippen molar-refractivity contribution >= 4 is 43.8 Å². The van der Waals surface area contributed by atoms with Crippen LogP contribution in [-0.2, 0) is 16.6 Å². The van der Waals surface area contributed by atoms with Gasteiger partial charge in [-0.3, -0.25) is 9.10 Å². The summed E-state index contributed by atoms with van der Waals surface area (Å²) in [6, 6.07) is 15.8. The van der Waals surface area contributed by atoms with Gasteiger partial charge in [0.25, 0.3) is 5.91 Å². The van der Waals surface area contributed by atoms with E-state index in [-0.39, 0.29) is 13.3 Å². The second kappa shape index (κ2) is 10.1. The number of hydrogen-bond acceptors (Lipinski definition) is 6. The number of fused-ring (bicyclic) bond motifs is 1. The van der Waals surface area contributed by atoms with Gasteiger partial charge in [0.05, 0.1) is 24.7 Å². The molecule has 0 spiro atoms. The third-order valence-corrected chi connectivity index (χ3v) is 7.41. The predicted molar refractivity (Wildman–Crippen MR) is 139 cm³/mol. The minimum atomic E-state index is -3.50. The van der Waals surface area contributed by atoms with Crippen LogP contribution in [0.4, 0.5) is 5.69 Å². The molecule has 3 aromatic carbocycles.